The van der Waals surface area contributed by atoms with Gasteiger partial charge in [-0.3, -0.25) is 10.1 Å². The van der Waals surface area contributed by atoms with E-state index in [4.69, 9.17) is 4.74 Å². The third kappa shape index (κ3) is 3.76. The topological polar surface area (TPSA) is 51.2 Å². The molecule has 1 aromatic heterocycles. The molecule has 0 atom stereocenters. The molecule has 2 aromatic carbocycles. The van der Waals surface area contributed by atoms with Gasteiger partial charge in [0.25, 0.3) is 0 Å². The fourth-order valence-electron chi connectivity index (χ4n) is 2.12. The summed E-state index contributed by atoms with van der Waals surface area (Å²) in [6.45, 7) is 2.04. The van der Waals surface area contributed by atoms with Gasteiger partial charge in [-0.1, -0.05) is 29.5 Å². The molecular weight excluding hydrogens is 308 g/mol. The average Bonchev–Trinajstić information content (AvgIpc) is 2.94. The fraction of sp³-hybridized carbons (Fsp3) is 0.111. The molecule has 0 bridgehead atoms. The number of nitrogens with one attached hydrogen (secondary N) is 1. The molecule has 0 aliphatic rings. The quantitative estimate of drug-likeness (QED) is 0.729. The number of fused-ring (bicyclic) bond motifs is 1. The van der Waals surface area contributed by atoms with Crippen molar-refractivity contribution in [3.63, 3.8) is 0 Å². The number of benzene rings is 2. The van der Waals surface area contributed by atoms with Crippen molar-refractivity contribution in [1.82, 2.24) is 4.98 Å². The SMILES string of the molecule is COc1ccc(/C=C/C(=O)Nc2nc3ccc(C)cc3s2)cc1. The number of hydrogen-bond acceptors (Lipinski definition) is 4. The van der Waals surface area contributed by atoms with E-state index in [0.717, 1.165) is 21.5 Å². The van der Waals surface area contributed by atoms with Crippen LogP contribution in [-0.4, -0.2) is 18.0 Å². The van der Waals surface area contributed by atoms with Gasteiger partial charge in [-0.05, 0) is 48.4 Å². The van der Waals surface area contributed by atoms with Gasteiger partial charge in [0.1, 0.15) is 5.75 Å². The number of thiazole rings is 1. The van der Waals surface area contributed by atoms with Gasteiger partial charge < -0.3 is 4.74 Å². The Morgan fingerprint density at radius 1 is 1.22 bits per heavy atom. The largest absolute Gasteiger partial charge is 0.497 e. The van der Waals surface area contributed by atoms with Crippen LogP contribution >= 0.6 is 11.3 Å². The van der Waals surface area contributed by atoms with E-state index in [1.807, 2.05) is 43.3 Å². The Kier molecular flexibility index (Phi) is 4.39. The van der Waals surface area contributed by atoms with Gasteiger partial charge in [-0.15, -0.1) is 0 Å². The third-order valence-corrected chi connectivity index (χ3v) is 4.25. The van der Waals surface area contributed by atoms with Gasteiger partial charge in [0.05, 0.1) is 17.3 Å². The maximum atomic E-state index is 12.0. The molecule has 0 aliphatic carbocycles. The number of rotatable bonds is 4. The zero-order chi connectivity index (χ0) is 16.2. The second-order valence-corrected chi connectivity index (χ2v) is 6.12. The number of carbonyl (C=O) groups excluding carboxylic acids is 1. The van der Waals surface area contributed by atoms with Crippen molar-refractivity contribution >= 4 is 38.7 Å². The number of methoxy groups -OCH3 is 1. The summed E-state index contributed by atoms with van der Waals surface area (Å²) in [5, 5.41) is 3.41. The molecule has 3 rings (SSSR count). The summed E-state index contributed by atoms with van der Waals surface area (Å²) in [6.07, 6.45) is 3.26. The molecule has 0 spiro atoms. The number of ether oxygens (including phenoxy) is 1. The molecule has 1 heterocycles. The monoisotopic (exact) mass is 324 g/mol. The number of carbonyl (C=O) groups is 1. The van der Waals surface area contributed by atoms with Gasteiger partial charge >= 0.3 is 0 Å². The average molecular weight is 324 g/mol. The van der Waals surface area contributed by atoms with Crippen molar-refractivity contribution in [2.24, 2.45) is 0 Å². The van der Waals surface area contributed by atoms with Crippen LogP contribution in [0.3, 0.4) is 0 Å². The van der Waals surface area contributed by atoms with Crippen LogP contribution in [0.25, 0.3) is 16.3 Å². The van der Waals surface area contributed by atoms with Crippen LogP contribution in [-0.2, 0) is 4.79 Å². The van der Waals surface area contributed by atoms with Crippen molar-refractivity contribution in [3.8, 4) is 5.75 Å². The van der Waals surface area contributed by atoms with E-state index in [0.29, 0.717) is 5.13 Å². The smallest absolute Gasteiger partial charge is 0.250 e. The zero-order valence-electron chi connectivity index (χ0n) is 12.9. The van der Waals surface area contributed by atoms with Crippen molar-refractivity contribution in [2.75, 3.05) is 12.4 Å². The second kappa shape index (κ2) is 6.62. The maximum absolute atomic E-state index is 12.0. The molecule has 3 aromatic rings. The lowest BCUT2D eigenvalue weighted by Gasteiger charge is -1.99. The maximum Gasteiger partial charge on any atom is 0.250 e. The second-order valence-electron chi connectivity index (χ2n) is 5.09. The summed E-state index contributed by atoms with van der Waals surface area (Å²) >= 11 is 1.47. The van der Waals surface area contributed by atoms with Gasteiger partial charge in [0, 0.05) is 6.08 Å². The Morgan fingerprint density at radius 3 is 2.74 bits per heavy atom. The molecule has 5 heteroatoms. The van der Waals surface area contributed by atoms with Crippen LogP contribution in [0, 0.1) is 6.92 Å². The van der Waals surface area contributed by atoms with Gasteiger partial charge in [0.15, 0.2) is 5.13 Å². The van der Waals surface area contributed by atoms with Gasteiger partial charge in [0.2, 0.25) is 5.91 Å². The van der Waals surface area contributed by atoms with Gasteiger partial charge in [-0.2, -0.15) is 0 Å². The molecular formula is C18H16N2O2S. The van der Waals surface area contributed by atoms with Crippen molar-refractivity contribution < 1.29 is 9.53 Å². The molecule has 4 nitrogen and oxygen atoms in total. The minimum absolute atomic E-state index is 0.198. The molecule has 0 fully saturated rings. The Bertz CT molecular complexity index is 866. The van der Waals surface area contributed by atoms with Crippen LogP contribution in [0.2, 0.25) is 0 Å². The summed E-state index contributed by atoms with van der Waals surface area (Å²) in [4.78, 5) is 16.4. The van der Waals surface area contributed by atoms with Crippen LogP contribution in [0.5, 0.6) is 5.75 Å². The summed E-state index contributed by atoms with van der Waals surface area (Å²) in [5.41, 5.74) is 3.01. The number of anilines is 1. The first-order valence-electron chi connectivity index (χ1n) is 7.14. The van der Waals surface area contributed by atoms with Crippen molar-refractivity contribution in [3.05, 3.63) is 59.7 Å². The van der Waals surface area contributed by atoms with Gasteiger partial charge in [-0.25, -0.2) is 4.98 Å². The Labute approximate surface area is 138 Å². The van der Waals surface area contributed by atoms with Crippen molar-refractivity contribution in [2.45, 2.75) is 6.92 Å². The first kappa shape index (κ1) is 15.2. The molecule has 116 valence electrons. The predicted molar refractivity (Wildman–Crippen MR) is 95.0 cm³/mol. The lowest BCUT2D eigenvalue weighted by atomic mass is 10.2. The van der Waals surface area contributed by atoms with Crippen LogP contribution < -0.4 is 10.1 Å². The molecule has 0 aliphatic heterocycles. The minimum atomic E-state index is -0.198. The molecule has 1 amide bonds. The van der Waals surface area contributed by atoms with E-state index in [-0.39, 0.29) is 5.91 Å². The highest BCUT2D eigenvalue weighted by Gasteiger charge is 2.05. The molecule has 0 saturated heterocycles. The van der Waals surface area contributed by atoms with E-state index < -0.39 is 0 Å². The summed E-state index contributed by atoms with van der Waals surface area (Å²) < 4.78 is 6.17. The number of amides is 1. The zero-order valence-corrected chi connectivity index (χ0v) is 13.7. The van der Waals surface area contributed by atoms with E-state index in [1.165, 1.54) is 23.0 Å². The highest BCUT2D eigenvalue weighted by molar-refractivity contribution is 7.22. The number of aromatic nitrogens is 1. The highest BCUT2D eigenvalue weighted by Crippen LogP contribution is 2.26. The van der Waals surface area contributed by atoms with Crippen LogP contribution in [0.1, 0.15) is 11.1 Å². The first-order valence-corrected chi connectivity index (χ1v) is 7.96. The number of nitrogens with zero attached hydrogens (tertiary/aromatic N) is 1. The molecule has 0 unspecified atom stereocenters. The lowest BCUT2D eigenvalue weighted by molar-refractivity contribution is -0.111. The van der Waals surface area contributed by atoms with E-state index in [2.05, 4.69) is 16.4 Å². The Hall–Kier alpha value is -2.66. The first-order chi connectivity index (χ1) is 11.1. The standard InChI is InChI=1S/C18H16N2O2S/c1-12-3-9-15-16(11-12)23-18(19-15)20-17(21)10-6-13-4-7-14(22-2)8-5-13/h3-11H,1-2H3,(H,19,20,21)/b10-6+. The minimum Gasteiger partial charge on any atom is -0.497 e. The van der Waals surface area contributed by atoms with E-state index >= 15 is 0 Å². The fourth-order valence-corrected chi connectivity index (χ4v) is 3.09. The summed E-state index contributed by atoms with van der Waals surface area (Å²) in [5.74, 6) is 0.591. The Balaban J connectivity index is 1.68. The molecule has 1 N–H and O–H groups in total. The van der Waals surface area contributed by atoms with E-state index in [1.54, 1.807) is 13.2 Å². The van der Waals surface area contributed by atoms with Crippen LogP contribution in [0.15, 0.2) is 48.5 Å². The molecule has 0 radical (unpaired) electrons. The number of aryl methyl sites for hydroxylation is 1. The lowest BCUT2D eigenvalue weighted by Crippen LogP contribution is -2.07. The highest BCUT2D eigenvalue weighted by atomic mass is 32.1. The molecule has 23 heavy (non-hydrogen) atoms. The van der Waals surface area contributed by atoms with E-state index in [9.17, 15) is 4.79 Å². The Morgan fingerprint density at radius 2 is 2.00 bits per heavy atom. The predicted octanol–water partition coefficient (Wildman–Crippen LogP) is 4.27. The number of hydrogen-bond donors (Lipinski definition) is 1. The van der Waals surface area contributed by atoms with Crippen molar-refractivity contribution in [1.29, 1.82) is 0 Å². The normalized spacial score (nSPS) is 11.0. The third-order valence-electron chi connectivity index (χ3n) is 3.32. The van der Waals surface area contributed by atoms with Crippen LogP contribution in [0.4, 0.5) is 5.13 Å². The molecule has 0 saturated carbocycles. The summed E-state index contributed by atoms with van der Waals surface area (Å²) in [7, 11) is 1.62. The summed E-state index contributed by atoms with van der Waals surface area (Å²) in [6, 6.07) is 13.5.